The highest BCUT2D eigenvalue weighted by molar-refractivity contribution is 6.35. The fourth-order valence-corrected chi connectivity index (χ4v) is 7.86. The lowest BCUT2D eigenvalue weighted by atomic mass is 9.90. The van der Waals surface area contributed by atoms with Crippen LogP contribution >= 0.6 is 23.2 Å². The SMILES string of the molecule is C[C@@]1(Cc2ccc(C#N)cc2)C(=O)N(c2cc(Cl)cc(Cl)c2)C2N(C3CC3(C(N)=O)C(=O)NC3(c4cc(CN)ccn4)CC3)C=C(C(=O)O)N21. The van der Waals surface area contributed by atoms with Gasteiger partial charge in [0.05, 0.1) is 34.6 Å². The van der Waals surface area contributed by atoms with Crippen molar-refractivity contribution in [2.45, 2.75) is 62.6 Å². The Labute approximate surface area is 297 Å². The van der Waals surface area contributed by atoms with Gasteiger partial charge in [0.1, 0.15) is 16.7 Å². The average Bonchev–Trinajstić information content (AvgIpc) is 3.98. The van der Waals surface area contributed by atoms with Crippen LogP contribution in [0.2, 0.25) is 10.0 Å². The van der Waals surface area contributed by atoms with E-state index >= 15 is 0 Å². The van der Waals surface area contributed by atoms with Crippen LogP contribution in [0.3, 0.4) is 0 Å². The summed E-state index contributed by atoms with van der Waals surface area (Å²) in [4.78, 5) is 63.9. The Balaban J connectivity index is 1.29. The van der Waals surface area contributed by atoms with Crippen molar-refractivity contribution in [2.24, 2.45) is 16.9 Å². The van der Waals surface area contributed by atoms with E-state index in [2.05, 4.69) is 16.4 Å². The quantitative estimate of drug-likeness (QED) is 0.227. The summed E-state index contributed by atoms with van der Waals surface area (Å²) in [5.41, 5.74) is 10.4. The molecular formula is C35H32Cl2N8O5. The van der Waals surface area contributed by atoms with Gasteiger partial charge in [-0.05, 0) is 79.8 Å². The minimum Gasteiger partial charge on any atom is -0.477 e. The maximum Gasteiger partial charge on any atom is 0.353 e. The van der Waals surface area contributed by atoms with Gasteiger partial charge in [0, 0.05) is 35.4 Å². The minimum absolute atomic E-state index is 0.0288. The monoisotopic (exact) mass is 714 g/mol. The van der Waals surface area contributed by atoms with Crippen LogP contribution in [-0.2, 0) is 37.7 Å². The first-order valence-corrected chi connectivity index (χ1v) is 16.6. The molecule has 3 unspecified atom stereocenters. The molecule has 15 heteroatoms. The van der Waals surface area contributed by atoms with Crippen molar-refractivity contribution < 1.29 is 24.3 Å². The maximum absolute atomic E-state index is 14.7. The number of aliphatic carboxylic acids is 1. The third kappa shape index (κ3) is 5.14. The van der Waals surface area contributed by atoms with Gasteiger partial charge in [-0.1, -0.05) is 35.3 Å². The molecule has 2 aliphatic heterocycles. The second kappa shape index (κ2) is 11.7. The topological polar surface area (TPSA) is 199 Å². The fourth-order valence-electron chi connectivity index (χ4n) is 7.35. The van der Waals surface area contributed by atoms with E-state index in [9.17, 15) is 29.5 Å². The molecule has 4 aliphatic rings. The number of carboxylic acids is 1. The first-order chi connectivity index (χ1) is 23.8. The lowest BCUT2D eigenvalue weighted by Gasteiger charge is -2.37. The van der Waals surface area contributed by atoms with Gasteiger partial charge < -0.3 is 31.7 Å². The Morgan fingerprint density at radius 2 is 1.76 bits per heavy atom. The highest BCUT2D eigenvalue weighted by Crippen LogP contribution is 2.57. The smallest absolute Gasteiger partial charge is 0.353 e. The Morgan fingerprint density at radius 1 is 1.08 bits per heavy atom. The van der Waals surface area contributed by atoms with Crippen LogP contribution in [0.5, 0.6) is 0 Å². The van der Waals surface area contributed by atoms with Crippen molar-refractivity contribution in [1.29, 1.82) is 5.26 Å². The standard InChI is InChI=1S/C35H32Cl2N8O5/c1-33(14-19-2-4-20(16-38)5-3-19)31(50)44(24-12-22(36)11-23(37)13-24)32-43(18-25(28(46)47)45(32)33)27-15-35(27,29(40)48)30(49)42-34(7-8-34)26-10-21(17-39)6-9-41-26/h2-6,9-13,18,27,32H,7-8,14-15,17,39H2,1H3,(H2,40,48)(H,42,49)(H,46,47)/t27?,32?,33-,35?/m1/s1. The van der Waals surface area contributed by atoms with Gasteiger partial charge in [0.15, 0.2) is 6.29 Å². The van der Waals surface area contributed by atoms with E-state index < -0.39 is 52.5 Å². The lowest BCUT2D eigenvalue weighted by molar-refractivity contribution is -0.138. The van der Waals surface area contributed by atoms with Crippen LogP contribution < -0.4 is 21.7 Å². The number of nitrogens with one attached hydrogen (secondary N) is 1. The normalized spacial score (nSPS) is 25.9. The molecule has 7 rings (SSSR count). The van der Waals surface area contributed by atoms with Gasteiger partial charge in [-0.15, -0.1) is 0 Å². The molecule has 3 heterocycles. The Hall–Kier alpha value is -5.16. The molecule has 2 saturated carbocycles. The number of aromatic nitrogens is 1. The predicted molar refractivity (Wildman–Crippen MR) is 182 cm³/mol. The van der Waals surface area contributed by atoms with E-state index in [0.29, 0.717) is 29.7 Å². The van der Waals surface area contributed by atoms with Crippen LogP contribution in [0.15, 0.2) is 72.7 Å². The van der Waals surface area contributed by atoms with E-state index in [1.165, 1.54) is 34.2 Å². The highest BCUT2D eigenvalue weighted by Gasteiger charge is 2.72. The van der Waals surface area contributed by atoms with Crippen LogP contribution in [-0.4, -0.2) is 61.5 Å². The van der Waals surface area contributed by atoms with Gasteiger partial charge in [0.25, 0.3) is 5.91 Å². The summed E-state index contributed by atoms with van der Waals surface area (Å²) in [5.74, 6) is -3.29. The summed E-state index contributed by atoms with van der Waals surface area (Å²) >= 11 is 12.8. The first-order valence-electron chi connectivity index (χ1n) is 15.9. The molecule has 2 aromatic carbocycles. The van der Waals surface area contributed by atoms with Crippen LogP contribution in [0.4, 0.5) is 5.69 Å². The number of nitriles is 1. The molecule has 0 spiro atoms. The number of pyridine rings is 1. The predicted octanol–water partition coefficient (Wildman–Crippen LogP) is 2.94. The number of anilines is 1. The number of hydrogen-bond donors (Lipinski definition) is 4. The fraction of sp³-hybridized carbons (Fsp3) is 0.314. The average molecular weight is 716 g/mol. The maximum atomic E-state index is 14.7. The summed E-state index contributed by atoms with van der Waals surface area (Å²) < 4.78 is 0. The zero-order valence-electron chi connectivity index (χ0n) is 26.8. The number of benzene rings is 2. The highest BCUT2D eigenvalue weighted by atomic mass is 35.5. The number of carbonyl (C=O) groups is 4. The van der Waals surface area contributed by atoms with E-state index in [-0.39, 0.29) is 40.8 Å². The summed E-state index contributed by atoms with van der Waals surface area (Å²) in [6.45, 7) is 1.92. The molecule has 2 aliphatic carbocycles. The van der Waals surface area contributed by atoms with Gasteiger partial charge >= 0.3 is 5.97 Å². The Bertz CT molecular complexity index is 2030. The summed E-state index contributed by atoms with van der Waals surface area (Å²) in [7, 11) is 0. The van der Waals surface area contributed by atoms with Crippen molar-refractivity contribution in [3.05, 3.63) is 105 Å². The van der Waals surface area contributed by atoms with Gasteiger partial charge in [-0.2, -0.15) is 5.26 Å². The van der Waals surface area contributed by atoms with E-state index in [4.69, 9.17) is 34.7 Å². The molecule has 1 aromatic heterocycles. The number of primary amides is 1. The molecule has 13 nitrogen and oxygen atoms in total. The number of hydrogen-bond acceptors (Lipinski definition) is 9. The number of carbonyl (C=O) groups excluding carboxylic acids is 3. The van der Waals surface area contributed by atoms with Crippen LogP contribution in [0, 0.1) is 16.7 Å². The van der Waals surface area contributed by atoms with Crippen LogP contribution in [0.25, 0.3) is 0 Å². The third-order valence-corrected chi connectivity index (χ3v) is 10.7. The molecule has 3 amide bonds. The van der Waals surface area contributed by atoms with Crippen LogP contribution in [0.1, 0.15) is 48.6 Å². The van der Waals surface area contributed by atoms with Gasteiger partial charge in [0.2, 0.25) is 11.8 Å². The van der Waals surface area contributed by atoms with E-state index in [1.807, 2.05) is 6.07 Å². The zero-order chi connectivity index (χ0) is 35.7. The van der Waals surface area contributed by atoms with Gasteiger partial charge in [-0.3, -0.25) is 24.3 Å². The second-order valence-electron chi connectivity index (χ2n) is 13.4. The number of carboxylic acid groups (broad SMARTS) is 1. The summed E-state index contributed by atoms with van der Waals surface area (Å²) in [5, 5.41) is 23.3. The minimum atomic E-state index is -1.75. The molecule has 4 atom stereocenters. The molecule has 3 fully saturated rings. The molecule has 6 N–H and O–H groups in total. The van der Waals surface area contributed by atoms with Crippen molar-refractivity contribution in [2.75, 3.05) is 4.90 Å². The third-order valence-electron chi connectivity index (χ3n) is 10.2. The second-order valence-corrected chi connectivity index (χ2v) is 14.3. The van der Waals surface area contributed by atoms with E-state index in [0.717, 1.165) is 5.56 Å². The number of nitrogens with zero attached hydrogens (tertiary/aromatic N) is 5. The van der Waals surface area contributed by atoms with Crippen molar-refractivity contribution in [3.8, 4) is 6.07 Å². The number of nitrogens with two attached hydrogens (primary N) is 2. The Kier molecular flexibility index (Phi) is 7.82. The number of halogens is 2. The number of fused-ring (bicyclic) bond motifs is 1. The molecular weight excluding hydrogens is 683 g/mol. The van der Waals surface area contributed by atoms with Gasteiger partial charge in [-0.25, -0.2) is 4.79 Å². The van der Waals surface area contributed by atoms with Crippen molar-refractivity contribution >= 4 is 52.6 Å². The largest absolute Gasteiger partial charge is 0.477 e. The summed E-state index contributed by atoms with van der Waals surface area (Å²) in [6.07, 6.45) is 3.05. The molecule has 50 heavy (non-hydrogen) atoms. The number of amides is 3. The van der Waals surface area contributed by atoms with Crippen molar-refractivity contribution in [3.63, 3.8) is 0 Å². The Morgan fingerprint density at radius 3 is 2.34 bits per heavy atom. The van der Waals surface area contributed by atoms with E-state index in [1.54, 1.807) is 48.4 Å². The molecule has 0 bridgehead atoms. The first kappa shape index (κ1) is 33.3. The molecule has 256 valence electrons. The molecule has 0 radical (unpaired) electrons. The summed E-state index contributed by atoms with van der Waals surface area (Å²) in [6, 6.07) is 16.0. The van der Waals surface area contributed by atoms with Crippen molar-refractivity contribution in [1.82, 2.24) is 20.1 Å². The number of rotatable bonds is 10. The lowest BCUT2D eigenvalue weighted by Crippen LogP contribution is -2.53. The molecule has 1 saturated heterocycles. The molecule has 3 aromatic rings. The zero-order valence-corrected chi connectivity index (χ0v) is 28.3.